The van der Waals surface area contributed by atoms with Crippen LogP contribution >= 0.6 is 0 Å². The maximum atomic E-state index is 12.5. The van der Waals surface area contributed by atoms with Crippen molar-refractivity contribution in [2.45, 2.75) is 57.0 Å². The summed E-state index contributed by atoms with van der Waals surface area (Å²) in [5.74, 6) is 0.811. The summed E-state index contributed by atoms with van der Waals surface area (Å²) >= 11 is 0. The van der Waals surface area contributed by atoms with Crippen LogP contribution in [0.2, 0.25) is 0 Å². The lowest BCUT2D eigenvalue weighted by Gasteiger charge is -2.35. The number of piperidine rings is 1. The van der Waals surface area contributed by atoms with Crippen LogP contribution in [0, 0.1) is 0 Å². The van der Waals surface area contributed by atoms with Crippen LogP contribution in [0.15, 0.2) is 24.3 Å². The van der Waals surface area contributed by atoms with E-state index in [1.54, 1.807) is 7.11 Å². The molecule has 1 saturated carbocycles. The Morgan fingerprint density at radius 1 is 1.12 bits per heavy atom. The number of nitrogens with one attached hydrogen (secondary N) is 2. The molecule has 6 nitrogen and oxygen atoms in total. The molecule has 0 bridgehead atoms. The molecule has 1 aromatic carbocycles. The number of hydrogen-bond acceptors (Lipinski definition) is 4. The maximum absolute atomic E-state index is 12.5. The Morgan fingerprint density at radius 3 is 2.50 bits per heavy atom. The highest BCUT2D eigenvalue weighted by atomic mass is 32.2. The zero-order valence-corrected chi connectivity index (χ0v) is 16.4. The minimum Gasteiger partial charge on any atom is -0.496 e. The highest BCUT2D eigenvalue weighted by molar-refractivity contribution is 7.87. The zero-order chi connectivity index (χ0) is 18.4. The molecule has 0 spiro atoms. The van der Waals surface area contributed by atoms with E-state index in [0.29, 0.717) is 6.54 Å². The molecule has 0 amide bonds. The first-order chi connectivity index (χ1) is 12.6. The van der Waals surface area contributed by atoms with Crippen LogP contribution in [-0.2, 0) is 10.2 Å². The molecular formula is C19H31N3O3S. The first-order valence-corrected chi connectivity index (χ1v) is 11.2. The van der Waals surface area contributed by atoms with Gasteiger partial charge < -0.3 is 4.74 Å². The van der Waals surface area contributed by atoms with Crippen LogP contribution in [0.25, 0.3) is 0 Å². The van der Waals surface area contributed by atoms with E-state index in [0.717, 1.165) is 62.9 Å². The Labute approximate surface area is 157 Å². The molecule has 7 heteroatoms. The number of benzene rings is 1. The Bertz CT molecular complexity index is 668. The molecule has 1 atom stereocenters. The first kappa shape index (κ1) is 19.6. The van der Waals surface area contributed by atoms with E-state index in [1.165, 1.54) is 6.42 Å². The van der Waals surface area contributed by atoms with Crippen LogP contribution in [0.4, 0.5) is 0 Å². The summed E-state index contributed by atoms with van der Waals surface area (Å²) in [4.78, 5) is 2.37. The average Bonchev–Trinajstić information content (AvgIpc) is 3.15. The van der Waals surface area contributed by atoms with Gasteiger partial charge in [0.2, 0.25) is 0 Å². The van der Waals surface area contributed by atoms with E-state index in [9.17, 15) is 8.42 Å². The number of methoxy groups -OCH3 is 1. The molecule has 1 saturated heterocycles. The standard InChI is InChI=1S/C19H31N3O3S/c1-25-19-12-6-5-11-17(19)18(22-13-7-2-8-14-22)15-20-26(23,24)21-16-9-3-4-10-16/h5-6,11-12,16,18,20-21H,2-4,7-10,13-15H2,1H3. The number of hydrogen-bond donors (Lipinski definition) is 2. The molecule has 146 valence electrons. The highest BCUT2D eigenvalue weighted by Gasteiger charge is 2.27. The van der Waals surface area contributed by atoms with Crippen LogP contribution in [0.3, 0.4) is 0 Å². The van der Waals surface area contributed by atoms with Crippen molar-refractivity contribution in [3.63, 3.8) is 0 Å². The maximum Gasteiger partial charge on any atom is 0.277 e. The molecule has 2 fully saturated rings. The fraction of sp³-hybridized carbons (Fsp3) is 0.684. The number of nitrogens with zero attached hydrogens (tertiary/aromatic N) is 1. The Balaban J connectivity index is 1.72. The van der Waals surface area contributed by atoms with Gasteiger partial charge in [0, 0.05) is 18.2 Å². The summed E-state index contributed by atoms with van der Waals surface area (Å²) in [7, 11) is -1.83. The summed E-state index contributed by atoms with van der Waals surface area (Å²) < 4.78 is 36.1. The first-order valence-electron chi connectivity index (χ1n) is 9.73. The van der Waals surface area contributed by atoms with Gasteiger partial charge in [0.25, 0.3) is 10.2 Å². The number of likely N-dealkylation sites (tertiary alicyclic amines) is 1. The van der Waals surface area contributed by atoms with Crippen molar-refractivity contribution in [1.82, 2.24) is 14.3 Å². The zero-order valence-electron chi connectivity index (χ0n) is 15.6. The van der Waals surface area contributed by atoms with Gasteiger partial charge in [-0.3, -0.25) is 4.90 Å². The third-order valence-corrected chi connectivity index (χ3v) is 6.66. The van der Waals surface area contributed by atoms with Gasteiger partial charge >= 0.3 is 0 Å². The summed E-state index contributed by atoms with van der Waals surface area (Å²) in [6, 6.07) is 7.97. The predicted molar refractivity (Wildman–Crippen MR) is 103 cm³/mol. The van der Waals surface area contributed by atoms with Crippen molar-refractivity contribution in [3.05, 3.63) is 29.8 Å². The van der Waals surface area contributed by atoms with E-state index in [4.69, 9.17) is 4.74 Å². The SMILES string of the molecule is COc1ccccc1C(CNS(=O)(=O)NC1CCCC1)N1CCCCC1. The minimum absolute atomic E-state index is 0.0217. The summed E-state index contributed by atoms with van der Waals surface area (Å²) in [5.41, 5.74) is 1.04. The summed E-state index contributed by atoms with van der Waals surface area (Å²) in [6.45, 7) is 2.32. The summed E-state index contributed by atoms with van der Waals surface area (Å²) in [5, 5.41) is 0. The van der Waals surface area contributed by atoms with E-state index < -0.39 is 10.2 Å². The van der Waals surface area contributed by atoms with E-state index in [1.807, 2.05) is 24.3 Å². The van der Waals surface area contributed by atoms with Gasteiger partial charge in [0.05, 0.1) is 13.2 Å². The second-order valence-electron chi connectivity index (χ2n) is 7.31. The van der Waals surface area contributed by atoms with Gasteiger partial charge in [0.15, 0.2) is 0 Å². The molecule has 1 aliphatic heterocycles. The molecular weight excluding hydrogens is 350 g/mol. The van der Waals surface area contributed by atoms with Gasteiger partial charge in [0.1, 0.15) is 5.75 Å². The van der Waals surface area contributed by atoms with Gasteiger partial charge in [-0.15, -0.1) is 0 Å². The number of para-hydroxylation sites is 1. The predicted octanol–water partition coefficient (Wildman–Crippen LogP) is 2.59. The summed E-state index contributed by atoms with van der Waals surface area (Å²) in [6.07, 6.45) is 7.61. The second kappa shape index (κ2) is 9.17. The lowest BCUT2D eigenvalue weighted by Crippen LogP contribution is -2.46. The lowest BCUT2D eigenvalue weighted by atomic mass is 10.0. The van der Waals surface area contributed by atoms with Gasteiger partial charge in [-0.05, 0) is 44.8 Å². The molecule has 26 heavy (non-hydrogen) atoms. The fourth-order valence-electron chi connectivity index (χ4n) is 4.10. The van der Waals surface area contributed by atoms with E-state index >= 15 is 0 Å². The molecule has 1 unspecified atom stereocenters. The van der Waals surface area contributed by atoms with Gasteiger partial charge in [-0.1, -0.05) is 37.5 Å². The van der Waals surface area contributed by atoms with E-state index in [-0.39, 0.29) is 12.1 Å². The Kier molecular flexibility index (Phi) is 6.92. The average molecular weight is 382 g/mol. The van der Waals surface area contributed by atoms with Crippen LogP contribution < -0.4 is 14.2 Å². The Hall–Kier alpha value is -1.15. The molecule has 1 aromatic rings. The molecule has 1 heterocycles. The van der Waals surface area contributed by atoms with Gasteiger partial charge in [-0.25, -0.2) is 4.72 Å². The highest BCUT2D eigenvalue weighted by Crippen LogP contribution is 2.31. The number of rotatable bonds is 8. The molecule has 2 N–H and O–H groups in total. The second-order valence-corrected chi connectivity index (χ2v) is 8.84. The Morgan fingerprint density at radius 2 is 1.81 bits per heavy atom. The van der Waals surface area contributed by atoms with Crippen LogP contribution in [-0.4, -0.2) is 46.1 Å². The van der Waals surface area contributed by atoms with E-state index in [2.05, 4.69) is 14.3 Å². The smallest absolute Gasteiger partial charge is 0.277 e. The van der Waals surface area contributed by atoms with Gasteiger partial charge in [-0.2, -0.15) is 13.1 Å². The fourth-order valence-corrected chi connectivity index (χ4v) is 5.24. The normalized spacial score (nSPS) is 21.0. The largest absolute Gasteiger partial charge is 0.496 e. The van der Waals surface area contributed by atoms with Crippen molar-refractivity contribution in [2.24, 2.45) is 0 Å². The molecule has 0 radical (unpaired) electrons. The third kappa shape index (κ3) is 5.19. The minimum atomic E-state index is -3.49. The quantitative estimate of drug-likeness (QED) is 0.726. The van der Waals surface area contributed by atoms with Crippen molar-refractivity contribution in [1.29, 1.82) is 0 Å². The third-order valence-electron chi connectivity index (χ3n) is 5.47. The molecule has 2 aliphatic rings. The van der Waals surface area contributed by atoms with Crippen molar-refractivity contribution in [3.8, 4) is 5.75 Å². The topological polar surface area (TPSA) is 70.7 Å². The van der Waals surface area contributed by atoms with Crippen molar-refractivity contribution in [2.75, 3.05) is 26.7 Å². The lowest BCUT2D eigenvalue weighted by molar-refractivity contribution is 0.162. The van der Waals surface area contributed by atoms with Crippen molar-refractivity contribution >= 4 is 10.2 Å². The molecule has 0 aromatic heterocycles. The number of ether oxygens (including phenoxy) is 1. The molecule has 1 aliphatic carbocycles. The van der Waals surface area contributed by atoms with Crippen LogP contribution in [0.5, 0.6) is 5.75 Å². The monoisotopic (exact) mass is 381 g/mol. The van der Waals surface area contributed by atoms with Crippen LogP contribution in [0.1, 0.15) is 56.6 Å². The van der Waals surface area contributed by atoms with Crippen molar-refractivity contribution < 1.29 is 13.2 Å². The molecule has 3 rings (SSSR count).